The zero-order valence-electron chi connectivity index (χ0n) is 22.5. The fraction of sp³-hybridized carbons (Fsp3) is 0.355. The summed E-state index contributed by atoms with van der Waals surface area (Å²) in [5.41, 5.74) is 5.53. The van der Waals surface area contributed by atoms with E-state index in [0.717, 1.165) is 46.1 Å². The molecule has 1 aliphatic rings. The van der Waals surface area contributed by atoms with Crippen molar-refractivity contribution in [1.82, 2.24) is 25.2 Å². The van der Waals surface area contributed by atoms with Gasteiger partial charge in [0, 0.05) is 19.7 Å². The summed E-state index contributed by atoms with van der Waals surface area (Å²) in [6, 6.07) is 22.8. The molecule has 1 fully saturated rings. The van der Waals surface area contributed by atoms with Crippen LogP contribution in [0.15, 0.2) is 72.8 Å². The van der Waals surface area contributed by atoms with E-state index in [4.69, 9.17) is 4.74 Å². The first-order valence-corrected chi connectivity index (χ1v) is 13.6. The number of benzene rings is 3. The summed E-state index contributed by atoms with van der Waals surface area (Å²) in [4.78, 5) is 29.6. The predicted molar refractivity (Wildman–Crippen MR) is 150 cm³/mol. The number of carbonyl (C=O) groups is 2. The van der Waals surface area contributed by atoms with Crippen LogP contribution in [0.3, 0.4) is 0 Å². The van der Waals surface area contributed by atoms with Gasteiger partial charge in [0.2, 0.25) is 11.8 Å². The molecule has 4 aromatic rings. The Morgan fingerprint density at radius 1 is 1.08 bits per heavy atom. The van der Waals surface area contributed by atoms with E-state index in [0.29, 0.717) is 26.1 Å². The molecule has 202 valence electrons. The van der Waals surface area contributed by atoms with Gasteiger partial charge in [-0.2, -0.15) is 0 Å². The number of hydrogen-bond acceptors (Lipinski definition) is 5. The van der Waals surface area contributed by atoms with Gasteiger partial charge < -0.3 is 15.0 Å². The van der Waals surface area contributed by atoms with E-state index in [1.54, 1.807) is 9.58 Å². The van der Waals surface area contributed by atoms with Crippen molar-refractivity contribution >= 4 is 22.8 Å². The molecule has 0 saturated carbocycles. The van der Waals surface area contributed by atoms with E-state index in [2.05, 4.69) is 40.8 Å². The fourth-order valence-corrected chi connectivity index (χ4v) is 5.23. The summed E-state index contributed by atoms with van der Waals surface area (Å²) in [6.45, 7) is 5.53. The van der Waals surface area contributed by atoms with Gasteiger partial charge in [-0.15, -0.1) is 5.10 Å². The lowest BCUT2D eigenvalue weighted by Crippen LogP contribution is -2.47. The predicted octanol–water partition coefficient (Wildman–Crippen LogP) is 4.16. The van der Waals surface area contributed by atoms with Crippen molar-refractivity contribution in [3.8, 4) is 0 Å². The molecule has 0 bridgehead atoms. The lowest BCUT2D eigenvalue weighted by atomic mass is 9.98. The molecule has 8 nitrogen and oxygen atoms in total. The quantitative estimate of drug-likeness (QED) is 0.336. The van der Waals surface area contributed by atoms with Crippen LogP contribution in [-0.4, -0.2) is 57.5 Å². The van der Waals surface area contributed by atoms with Crippen LogP contribution in [0.25, 0.3) is 11.0 Å². The minimum atomic E-state index is -0.792. The van der Waals surface area contributed by atoms with Crippen LogP contribution in [0.1, 0.15) is 41.1 Å². The van der Waals surface area contributed by atoms with Crippen molar-refractivity contribution in [2.24, 2.45) is 0 Å². The second-order valence-electron chi connectivity index (χ2n) is 10.2. The number of ether oxygens (including phenoxy) is 1. The van der Waals surface area contributed by atoms with Crippen molar-refractivity contribution in [2.75, 3.05) is 19.7 Å². The Morgan fingerprint density at radius 2 is 1.90 bits per heavy atom. The lowest BCUT2D eigenvalue weighted by molar-refractivity contribution is -0.141. The first-order valence-electron chi connectivity index (χ1n) is 13.6. The molecule has 0 unspecified atom stereocenters. The molecule has 1 saturated heterocycles. The molecule has 39 heavy (non-hydrogen) atoms. The summed E-state index contributed by atoms with van der Waals surface area (Å²) in [5, 5.41) is 11.5. The number of fused-ring (bicyclic) bond motifs is 1. The van der Waals surface area contributed by atoms with Gasteiger partial charge >= 0.3 is 0 Å². The van der Waals surface area contributed by atoms with Crippen molar-refractivity contribution in [3.63, 3.8) is 0 Å². The Hall–Kier alpha value is -4.04. The number of rotatable bonds is 10. The Kier molecular flexibility index (Phi) is 8.32. The Bertz CT molecular complexity index is 1440. The summed E-state index contributed by atoms with van der Waals surface area (Å²) in [6.07, 6.45) is 2.54. The number of aromatic nitrogens is 3. The molecule has 0 aliphatic carbocycles. The first kappa shape index (κ1) is 26.6. The van der Waals surface area contributed by atoms with Gasteiger partial charge in [-0.1, -0.05) is 71.4 Å². The minimum absolute atomic E-state index is 0.00410. The second-order valence-corrected chi connectivity index (χ2v) is 10.2. The maximum Gasteiger partial charge on any atom is 0.247 e. The van der Waals surface area contributed by atoms with Gasteiger partial charge in [0.1, 0.15) is 18.1 Å². The average Bonchev–Trinajstić information content (AvgIpc) is 3.61. The van der Waals surface area contributed by atoms with Gasteiger partial charge in [0.25, 0.3) is 0 Å². The molecule has 0 spiro atoms. The van der Waals surface area contributed by atoms with Gasteiger partial charge in [0.05, 0.1) is 11.6 Å². The summed E-state index contributed by atoms with van der Waals surface area (Å²) < 4.78 is 7.34. The summed E-state index contributed by atoms with van der Waals surface area (Å²) in [5.74, 6) is -0.403. The average molecular weight is 526 g/mol. The Morgan fingerprint density at radius 3 is 2.69 bits per heavy atom. The number of hydrogen-bond donors (Lipinski definition) is 1. The molecule has 1 aromatic heterocycles. The molecule has 2 atom stereocenters. The standard InChI is InChI=1S/C31H35N5O3/c1-22-9-7-11-24(19-22)16-17-35(29(37)21-36-28-15-6-5-14-27(28)33-34-36)30(26-13-4-3-10-23(26)2)31(38)32-20-25-12-8-18-39-25/h3-7,9-11,13-15,19,25,30H,8,12,16-18,20-21H2,1-2H3,(H,32,38)/t25-,30-/m0/s1. The molecule has 1 N–H and O–H groups in total. The van der Waals surface area contributed by atoms with Crippen molar-refractivity contribution < 1.29 is 14.3 Å². The zero-order chi connectivity index (χ0) is 27.2. The highest BCUT2D eigenvalue weighted by atomic mass is 16.5. The van der Waals surface area contributed by atoms with Crippen molar-refractivity contribution in [1.29, 1.82) is 0 Å². The maximum atomic E-state index is 14.1. The van der Waals surface area contributed by atoms with E-state index < -0.39 is 6.04 Å². The minimum Gasteiger partial charge on any atom is -0.376 e. The van der Waals surface area contributed by atoms with Gasteiger partial charge in [-0.25, -0.2) is 4.68 Å². The highest BCUT2D eigenvalue weighted by molar-refractivity contribution is 5.89. The topological polar surface area (TPSA) is 89.4 Å². The Balaban J connectivity index is 1.47. The molecular formula is C31H35N5O3. The fourth-order valence-electron chi connectivity index (χ4n) is 5.23. The number of nitrogens with zero attached hydrogens (tertiary/aromatic N) is 4. The maximum absolute atomic E-state index is 14.1. The molecular weight excluding hydrogens is 490 g/mol. The molecule has 2 amide bonds. The second kappa shape index (κ2) is 12.2. The first-order chi connectivity index (χ1) is 19.0. The zero-order valence-corrected chi connectivity index (χ0v) is 22.5. The van der Waals surface area contributed by atoms with E-state index in [-0.39, 0.29) is 24.5 Å². The highest BCUT2D eigenvalue weighted by Gasteiger charge is 2.33. The number of para-hydroxylation sites is 1. The van der Waals surface area contributed by atoms with E-state index >= 15 is 0 Å². The van der Waals surface area contributed by atoms with E-state index in [1.807, 2.05) is 61.5 Å². The monoisotopic (exact) mass is 525 g/mol. The van der Waals surface area contributed by atoms with Gasteiger partial charge in [-0.3, -0.25) is 9.59 Å². The Labute approximate surface area is 229 Å². The smallest absolute Gasteiger partial charge is 0.247 e. The SMILES string of the molecule is Cc1cccc(CCN(C(=O)Cn2nnc3ccccc32)[C@H](C(=O)NC[C@@H]2CCCO2)c2ccccc2C)c1. The molecule has 5 rings (SSSR count). The lowest BCUT2D eigenvalue weighted by Gasteiger charge is -2.32. The van der Waals surface area contributed by atoms with Crippen LogP contribution in [0.5, 0.6) is 0 Å². The number of carbonyl (C=O) groups excluding carboxylic acids is 2. The molecule has 1 aliphatic heterocycles. The summed E-state index contributed by atoms with van der Waals surface area (Å²) >= 11 is 0. The van der Waals surface area contributed by atoms with Crippen LogP contribution in [-0.2, 0) is 27.3 Å². The van der Waals surface area contributed by atoms with E-state index in [1.165, 1.54) is 0 Å². The third kappa shape index (κ3) is 6.34. The van der Waals surface area contributed by atoms with Crippen LogP contribution in [0.4, 0.5) is 0 Å². The van der Waals surface area contributed by atoms with Gasteiger partial charge in [-0.05, 0) is 61.9 Å². The third-order valence-electron chi connectivity index (χ3n) is 7.32. The molecule has 3 aromatic carbocycles. The number of amides is 2. The normalized spacial score (nSPS) is 15.8. The van der Waals surface area contributed by atoms with Crippen LogP contribution in [0, 0.1) is 13.8 Å². The molecule has 0 radical (unpaired) electrons. The largest absolute Gasteiger partial charge is 0.376 e. The molecule has 8 heteroatoms. The molecule has 2 heterocycles. The third-order valence-corrected chi connectivity index (χ3v) is 7.32. The van der Waals surface area contributed by atoms with Crippen LogP contribution in [0.2, 0.25) is 0 Å². The van der Waals surface area contributed by atoms with E-state index in [9.17, 15) is 9.59 Å². The van der Waals surface area contributed by atoms with Crippen LogP contribution >= 0.6 is 0 Å². The highest BCUT2D eigenvalue weighted by Crippen LogP contribution is 2.26. The number of aryl methyl sites for hydroxylation is 2. The van der Waals surface area contributed by atoms with Gasteiger partial charge in [0.15, 0.2) is 0 Å². The van der Waals surface area contributed by atoms with Crippen molar-refractivity contribution in [3.05, 3.63) is 95.1 Å². The number of nitrogens with one attached hydrogen (secondary N) is 1. The summed E-state index contributed by atoms with van der Waals surface area (Å²) in [7, 11) is 0. The van der Waals surface area contributed by atoms with Crippen LogP contribution < -0.4 is 5.32 Å². The van der Waals surface area contributed by atoms with Crippen molar-refractivity contribution in [2.45, 2.75) is 51.8 Å².